The molecule has 1 unspecified atom stereocenters. The number of carbonyl (C=O) groups excluding carboxylic acids is 1. The number of amides is 1. The summed E-state index contributed by atoms with van der Waals surface area (Å²) >= 11 is 0. The van der Waals surface area contributed by atoms with E-state index in [0.29, 0.717) is 16.3 Å². The minimum Gasteiger partial charge on any atom is -0.505 e. The lowest BCUT2D eigenvalue weighted by molar-refractivity contribution is -0.385. The molecule has 0 saturated heterocycles. The van der Waals surface area contributed by atoms with E-state index in [-0.39, 0.29) is 39.3 Å². The zero-order valence-electron chi connectivity index (χ0n) is 30.6. The lowest BCUT2D eigenvalue weighted by atomic mass is 10.1. The van der Waals surface area contributed by atoms with Gasteiger partial charge in [-0.2, -0.15) is 26.9 Å². The Balaban J connectivity index is 1.24. The number of carboxylic acids is 2. The number of methoxy groups -OCH3 is 1. The number of nitrogens with one attached hydrogen (secondary N) is 5. The summed E-state index contributed by atoms with van der Waals surface area (Å²) in [7, 11) is -8.31. The number of hydrazine groups is 2. The molecule has 0 fully saturated rings. The van der Waals surface area contributed by atoms with Gasteiger partial charge in [-0.25, -0.2) is 9.59 Å². The van der Waals surface area contributed by atoms with Crippen molar-refractivity contribution < 1.29 is 65.3 Å². The number of aliphatic carboxylic acids is 1. The number of benzene rings is 5. The average molecular weight is 867 g/mol. The van der Waals surface area contributed by atoms with Crippen LogP contribution in [0.2, 0.25) is 0 Å². The molecule has 0 spiro atoms. The molecule has 0 aliphatic carbocycles. The van der Waals surface area contributed by atoms with Crippen molar-refractivity contribution in [3.8, 4) is 11.5 Å². The fourth-order valence-corrected chi connectivity index (χ4v) is 7.10. The molecule has 1 aliphatic rings. The summed E-state index contributed by atoms with van der Waals surface area (Å²) in [6, 6.07) is 13.9. The van der Waals surface area contributed by atoms with E-state index in [1.165, 1.54) is 43.5 Å². The molecule has 23 nitrogen and oxygen atoms in total. The molecule has 10 N–H and O–H groups in total. The van der Waals surface area contributed by atoms with Crippen LogP contribution in [0.5, 0.6) is 11.5 Å². The molecule has 25 heteroatoms. The summed E-state index contributed by atoms with van der Waals surface area (Å²) in [6.45, 7) is 1.65. The smallest absolute Gasteiger partial charge is 0.354 e. The first-order valence-corrected chi connectivity index (χ1v) is 19.6. The van der Waals surface area contributed by atoms with E-state index < -0.39 is 87.2 Å². The molecule has 0 radical (unpaired) electrons. The van der Waals surface area contributed by atoms with Gasteiger partial charge < -0.3 is 36.2 Å². The Kier molecular flexibility index (Phi) is 11.1. The first kappa shape index (κ1) is 41.9. The second-order valence-electron chi connectivity index (χ2n) is 12.7. The van der Waals surface area contributed by atoms with Gasteiger partial charge in [-0.1, -0.05) is 0 Å². The molecule has 1 atom stereocenters. The third-order valence-corrected chi connectivity index (χ3v) is 10.6. The van der Waals surface area contributed by atoms with Crippen molar-refractivity contribution in [1.82, 2.24) is 0 Å². The number of hydrazone groups is 1. The Labute approximate surface area is 337 Å². The lowest BCUT2D eigenvalue weighted by Crippen LogP contribution is -2.40. The lowest BCUT2D eigenvalue weighted by Gasteiger charge is -2.20. The maximum atomic E-state index is 13.4. The van der Waals surface area contributed by atoms with Gasteiger partial charge in [0.05, 0.1) is 39.7 Å². The number of nitro benzene ring substituents is 1. The Morgan fingerprint density at radius 1 is 0.833 bits per heavy atom. The van der Waals surface area contributed by atoms with E-state index >= 15 is 0 Å². The number of nitrogens with zero attached hydrogens (tertiary/aromatic N) is 3. The third-order valence-electron chi connectivity index (χ3n) is 8.83. The van der Waals surface area contributed by atoms with Gasteiger partial charge in [0, 0.05) is 23.2 Å². The molecular weight excluding hydrogens is 837 g/mol. The van der Waals surface area contributed by atoms with Crippen LogP contribution in [0.4, 0.5) is 39.8 Å². The van der Waals surface area contributed by atoms with Crippen LogP contribution in [0.15, 0.2) is 93.8 Å². The zero-order valence-corrected chi connectivity index (χ0v) is 32.2. The van der Waals surface area contributed by atoms with Gasteiger partial charge in [-0.05, 0) is 84.6 Å². The second kappa shape index (κ2) is 15.9. The number of aromatic hydroxyl groups is 1. The summed E-state index contributed by atoms with van der Waals surface area (Å²) in [4.78, 5) is 46.1. The molecule has 312 valence electrons. The number of aromatic carboxylic acids is 1. The largest absolute Gasteiger partial charge is 0.505 e. The van der Waals surface area contributed by atoms with Crippen molar-refractivity contribution in [1.29, 1.82) is 0 Å². The SMILES string of the molecule is COc1cc(NNc2ccc([N+](=O)[O-])c(C(=O)O)c2)c(C)cc1NNc1c(S(=O)(=O)O)cc2cc(NC3C(=O)N(c4ccc(S(=O)(=O)O)cc4)N=C3C(=O)O)ccc2c1O. The number of aryl methyl sites for hydroxylation is 1. The number of rotatable bonds is 15. The van der Waals surface area contributed by atoms with Gasteiger partial charge >= 0.3 is 11.9 Å². The van der Waals surface area contributed by atoms with Gasteiger partial charge in [0.15, 0.2) is 11.8 Å². The number of fused-ring (bicyclic) bond motifs is 1. The average Bonchev–Trinajstić information content (AvgIpc) is 3.51. The highest BCUT2D eigenvalue weighted by atomic mass is 32.2. The first-order valence-electron chi connectivity index (χ1n) is 16.7. The number of nitro groups is 1. The highest BCUT2D eigenvalue weighted by molar-refractivity contribution is 7.86. The van der Waals surface area contributed by atoms with Crippen LogP contribution in [0.3, 0.4) is 0 Å². The molecule has 0 saturated carbocycles. The minimum absolute atomic E-state index is 0.00689. The van der Waals surface area contributed by atoms with Crippen LogP contribution in [0.1, 0.15) is 15.9 Å². The van der Waals surface area contributed by atoms with Crippen molar-refractivity contribution >= 4 is 94.4 Å². The Morgan fingerprint density at radius 2 is 1.50 bits per heavy atom. The van der Waals surface area contributed by atoms with Crippen LogP contribution >= 0.6 is 0 Å². The molecular formula is C35H30N8O15S2. The Bertz CT molecular complexity index is 2890. The predicted molar refractivity (Wildman–Crippen MR) is 214 cm³/mol. The molecule has 0 aromatic heterocycles. The number of carboxylic acid groups (broad SMARTS) is 2. The Morgan fingerprint density at radius 3 is 2.10 bits per heavy atom. The van der Waals surface area contributed by atoms with Crippen molar-refractivity contribution in [2.75, 3.05) is 39.1 Å². The standard InChI is InChI=1S/C35H30N8O15S2/c1-16-11-25(27(58-2)15-24(16)38-37-19-4-10-26(43(50)51)23(14-19)34(46)47)39-40-29-28(60(55,56)57)13-17-12-18(3-9-22(17)32(29)44)36-30-31(35(48)49)41-42(33(30)45)20-5-7-21(8-6-20)59(52,53)54/h3-15,30,36-40,44H,1-2H3,(H,46,47)(H,48,49)(H,52,53,54)(H,55,56,57). The van der Waals surface area contributed by atoms with E-state index in [1.807, 2.05) is 0 Å². The number of anilines is 6. The van der Waals surface area contributed by atoms with Gasteiger partial charge in [-0.15, -0.1) is 0 Å². The number of hydrogen-bond acceptors (Lipinski definition) is 17. The van der Waals surface area contributed by atoms with Crippen molar-refractivity contribution in [3.05, 3.63) is 100 Å². The van der Waals surface area contributed by atoms with Crippen LogP contribution < -0.4 is 36.8 Å². The fraction of sp³-hybridized carbons (Fsp3) is 0.0857. The molecule has 5 aromatic carbocycles. The van der Waals surface area contributed by atoms with E-state index in [9.17, 15) is 65.8 Å². The van der Waals surface area contributed by atoms with E-state index in [0.717, 1.165) is 42.5 Å². The van der Waals surface area contributed by atoms with Crippen LogP contribution in [0.25, 0.3) is 10.8 Å². The monoisotopic (exact) mass is 866 g/mol. The predicted octanol–water partition coefficient (Wildman–Crippen LogP) is 4.11. The summed E-state index contributed by atoms with van der Waals surface area (Å²) in [5.41, 5.74) is 9.94. The highest BCUT2D eigenvalue weighted by Crippen LogP contribution is 2.41. The number of ether oxygens (including phenoxy) is 1. The molecule has 1 aliphatic heterocycles. The topological polar surface area (TPSA) is 349 Å². The van der Waals surface area contributed by atoms with Crippen molar-refractivity contribution in [2.24, 2.45) is 5.10 Å². The number of hydrogen-bond donors (Lipinski definition) is 10. The summed E-state index contributed by atoms with van der Waals surface area (Å²) < 4.78 is 73.0. The molecule has 1 amide bonds. The Hall–Kier alpha value is -7.74. The molecule has 0 bridgehead atoms. The van der Waals surface area contributed by atoms with Gasteiger partial charge in [-0.3, -0.25) is 34.9 Å². The van der Waals surface area contributed by atoms with E-state index in [1.54, 1.807) is 6.92 Å². The molecule has 5 aromatic rings. The number of phenolic OH excluding ortho intramolecular Hbond substituents is 1. The first-order chi connectivity index (χ1) is 28.2. The summed E-state index contributed by atoms with van der Waals surface area (Å²) in [6.07, 6.45) is 0. The van der Waals surface area contributed by atoms with Crippen molar-refractivity contribution in [2.45, 2.75) is 22.8 Å². The molecule has 6 rings (SSSR count). The second-order valence-corrected chi connectivity index (χ2v) is 15.5. The quantitative estimate of drug-likeness (QED) is 0.0306. The minimum atomic E-state index is -5.06. The maximum absolute atomic E-state index is 13.4. The van der Waals surface area contributed by atoms with Gasteiger partial charge in [0.2, 0.25) is 0 Å². The summed E-state index contributed by atoms with van der Waals surface area (Å²) in [5, 5.41) is 49.0. The van der Waals surface area contributed by atoms with Crippen molar-refractivity contribution in [3.63, 3.8) is 0 Å². The maximum Gasteiger partial charge on any atom is 0.354 e. The van der Waals surface area contributed by atoms with Crippen LogP contribution in [-0.4, -0.2) is 82.9 Å². The number of carbonyl (C=O) groups is 3. The van der Waals surface area contributed by atoms with E-state index in [4.69, 9.17) is 4.74 Å². The number of phenols is 1. The fourth-order valence-electron chi connectivity index (χ4n) is 5.94. The molecule has 60 heavy (non-hydrogen) atoms. The van der Waals surface area contributed by atoms with Crippen LogP contribution in [0, 0.1) is 17.0 Å². The third kappa shape index (κ3) is 8.43. The van der Waals surface area contributed by atoms with Gasteiger partial charge in [0.1, 0.15) is 27.6 Å². The zero-order chi connectivity index (χ0) is 43.8. The molecule has 1 heterocycles. The van der Waals surface area contributed by atoms with Gasteiger partial charge in [0.25, 0.3) is 31.8 Å². The normalized spacial score (nSPS) is 14.0. The van der Waals surface area contributed by atoms with E-state index in [2.05, 4.69) is 32.1 Å². The highest BCUT2D eigenvalue weighted by Gasteiger charge is 2.41. The summed E-state index contributed by atoms with van der Waals surface area (Å²) in [5.74, 6) is -4.50. The van der Waals surface area contributed by atoms with Crippen LogP contribution in [-0.2, 0) is 29.8 Å².